The number of hydrogen-bond donors (Lipinski definition) is 1. The van der Waals surface area contributed by atoms with Gasteiger partial charge in [-0.3, -0.25) is 14.5 Å². The van der Waals surface area contributed by atoms with Crippen molar-refractivity contribution in [2.24, 2.45) is 7.05 Å². The molecule has 2 aromatic heterocycles. The summed E-state index contributed by atoms with van der Waals surface area (Å²) >= 11 is 0. The second-order valence-electron chi connectivity index (χ2n) is 3.94. The number of esters is 1. The Bertz CT molecular complexity index is 622. The second kappa shape index (κ2) is 5.96. The lowest BCUT2D eigenvalue weighted by atomic mass is 10.2. The van der Waals surface area contributed by atoms with Crippen LogP contribution in [0.15, 0.2) is 30.7 Å². The van der Waals surface area contributed by atoms with Gasteiger partial charge in [-0.05, 0) is 19.1 Å². The van der Waals surface area contributed by atoms with E-state index in [1.165, 1.54) is 23.3 Å². The summed E-state index contributed by atoms with van der Waals surface area (Å²) in [6.07, 6.45) is 4.40. The third-order valence-corrected chi connectivity index (χ3v) is 2.61. The van der Waals surface area contributed by atoms with E-state index in [-0.39, 0.29) is 18.1 Å². The van der Waals surface area contributed by atoms with E-state index in [0.717, 1.165) is 0 Å². The van der Waals surface area contributed by atoms with Crippen LogP contribution in [-0.4, -0.2) is 33.2 Å². The molecule has 0 aliphatic heterocycles. The molecule has 0 aliphatic carbocycles. The largest absolute Gasteiger partial charge is 0.462 e. The molecule has 0 bridgehead atoms. The van der Waals surface area contributed by atoms with Gasteiger partial charge in [0.15, 0.2) is 0 Å². The van der Waals surface area contributed by atoms with Crippen LogP contribution in [0.25, 0.3) is 0 Å². The molecule has 0 saturated heterocycles. The minimum absolute atomic E-state index is 0.219. The maximum atomic E-state index is 12.1. The highest BCUT2D eigenvalue weighted by molar-refractivity contribution is 6.07. The number of carbonyl (C=O) groups is 2. The van der Waals surface area contributed by atoms with Crippen molar-refractivity contribution in [3.8, 4) is 0 Å². The van der Waals surface area contributed by atoms with Crippen LogP contribution in [0.3, 0.4) is 0 Å². The Morgan fingerprint density at radius 3 is 2.70 bits per heavy atom. The van der Waals surface area contributed by atoms with E-state index in [1.54, 1.807) is 26.1 Å². The Morgan fingerprint density at radius 1 is 1.35 bits per heavy atom. The van der Waals surface area contributed by atoms with Gasteiger partial charge in [0.05, 0.1) is 12.8 Å². The van der Waals surface area contributed by atoms with Crippen molar-refractivity contribution < 1.29 is 14.3 Å². The Kier molecular flexibility index (Phi) is 4.09. The van der Waals surface area contributed by atoms with E-state index < -0.39 is 5.97 Å². The van der Waals surface area contributed by atoms with Gasteiger partial charge in [0.25, 0.3) is 5.91 Å². The van der Waals surface area contributed by atoms with Crippen LogP contribution >= 0.6 is 0 Å². The zero-order valence-corrected chi connectivity index (χ0v) is 11.2. The quantitative estimate of drug-likeness (QED) is 0.848. The molecule has 1 N–H and O–H groups in total. The number of amides is 1. The predicted octanol–water partition coefficient (Wildman–Crippen LogP) is 1.24. The van der Waals surface area contributed by atoms with Crippen LogP contribution in [-0.2, 0) is 11.8 Å². The number of aryl methyl sites for hydroxylation is 1. The smallest absolute Gasteiger partial charge is 0.343 e. The lowest BCUT2D eigenvalue weighted by molar-refractivity contribution is 0.0527. The molecule has 7 heteroatoms. The number of rotatable bonds is 4. The van der Waals surface area contributed by atoms with Gasteiger partial charge >= 0.3 is 5.97 Å². The molecule has 2 heterocycles. The highest BCUT2D eigenvalue weighted by Gasteiger charge is 2.19. The summed E-state index contributed by atoms with van der Waals surface area (Å²) < 4.78 is 6.32. The van der Waals surface area contributed by atoms with E-state index in [4.69, 9.17) is 4.74 Å². The topological polar surface area (TPSA) is 86.1 Å². The zero-order chi connectivity index (χ0) is 14.5. The van der Waals surface area contributed by atoms with Crippen molar-refractivity contribution >= 4 is 17.7 Å². The van der Waals surface area contributed by atoms with Crippen molar-refractivity contribution in [1.29, 1.82) is 0 Å². The Morgan fingerprint density at radius 2 is 2.05 bits per heavy atom. The number of nitrogens with one attached hydrogen (secondary N) is 1. The highest BCUT2D eigenvalue weighted by atomic mass is 16.5. The fraction of sp³-hybridized carbons (Fsp3) is 0.231. The monoisotopic (exact) mass is 274 g/mol. The van der Waals surface area contributed by atoms with Crippen molar-refractivity contribution in [3.63, 3.8) is 0 Å². The van der Waals surface area contributed by atoms with Gasteiger partial charge < -0.3 is 10.1 Å². The van der Waals surface area contributed by atoms with E-state index in [2.05, 4.69) is 15.4 Å². The standard InChI is InChI=1S/C13H14N4O3/c1-3-20-13(19)10-8-15-17(2)11(10)16-12(18)9-4-6-14-7-5-9/h4-8H,3H2,1-2H3,(H,16,18). The molecule has 20 heavy (non-hydrogen) atoms. The van der Waals surface area contributed by atoms with Crippen molar-refractivity contribution in [2.45, 2.75) is 6.92 Å². The van der Waals surface area contributed by atoms with E-state index in [0.29, 0.717) is 11.4 Å². The third kappa shape index (κ3) is 2.82. The first-order valence-corrected chi connectivity index (χ1v) is 6.04. The van der Waals surface area contributed by atoms with E-state index in [1.807, 2.05) is 0 Å². The summed E-state index contributed by atoms with van der Waals surface area (Å²) in [4.78, 5) is 27.7. The summed E-state index contributed by atoms with van der Waals surface area (Å²) in [6.45, 7) is 1.97. The minimum atomic E-state index is -0.523. The molecular weight excluding hydrogens is 260 g/mol. The Hall–Kier alpha value is -2.70. The Balaban J connectivity index is 2.23. The number of carbonyl (C=O) groups excluding carboxylic acids is 2. The molecule has 0 aliphatic rings. The molecular formula is C13H14N4O3. The summed E-state index contributed by atoms with van der Waals surface area (Å²) in [5, 5.41) is 6.60. The molecule has 0 fully saturated rings. The molecule has 104 valence electrons. The molecule has 2 aromatic rings. The predicted molar refractivity (Wildman–Crippen MR) is 71.4 cm³/mol. The Labute approximate surface area is 115 Å². The highest BCUT2D eigenvalue weighted by Crippen LogP contribution is 2.16. The summed E-state index contributed by atoms with van der Waals surface area (Å²) in [7, 11) is 1.63. The SMILES string of the molecule is CCOC(=O)c1cnn(C)c1NC(=O)c1ccncc1. The number of pyridine rings is 1. The summed E-state index contributed by atoms with van der Waals surface area (Å²) in [6, 6.07) is 3.16. The van der Waals surface area contributed by atoms with Gasteiger partial charge in [0.1, 0.15) is 11.4 Å². The molecule has 2 rings (SSSR count). The number of aromatic nitrogens is 3. The van der Waals surface area contributed by atoms with Gasteiger partial charge in [-0.15, -0.1) is 0 Å². The third-order valence-electron chi connectivity index (χ3n) is 2.61. The first kappa shape index (κ1) is 13.7. The van der Waals surface area contributed by atoms with E-state index >= 15 is 0 Å². The normalized spacial score (nSPS) is 10.1. The lowest BCUT2D eigenvalue weighted by Crippen LogP contribution is -2.17. The first-order valence-electron chi connectivity index (χ1n) is 6.04. The number of hydrogen-bond acceptors (Lipinski definition) is 5. The average molecular weight is 274 g/mol. The number of anilines is 1. The average Bonchev–Trinajstić information content (AvgIpc) is 2.81. The second-order valence-corrected chi connectivity index (χ2v) is 3.94. The minimum Gasteiger partial charge on any atom is -0.462 e. The molecule has 1 amide bonds. The summed E-state index contributed by atoms with van der Waals surface area (Å²) in [5.41, 5.74) is 0.660. The van der Waals surface area contributed by atoms with Gasteiger partial charge in [0.2, 0.25) is 0 Å². The molecule has 0 unspecified atom stereocenters. The first-order chi connectivity index (χ1) is 9.63. The fourth-order valence-electron chi connectivity index (χ4n) is 1.63. The van der Waals surface area contributed by atoms with Crippen molar-refractivity contribution in [1.82, 2.24) is 14.8 Å². The lowest BCUT2D eigenvalue weighted by Gasteiger charge is -2.08. The van der Waals surface area contributed by atoms with Crippen LogP contribution in [0.1, 0.15) is 27.6 Å². The maximum Gasteiger partial charge on any atom is 0.343 e. The molecule has 0 radical (unpaired) electrons. The van der Waals surface area contributed by atoms with Gasteiger partial charge in [-0.2, -0.15) is 5.10 Å². The molecule has 0 aromatic carbocycles. The van der Waals surface area contributed by atoms with Gasteiger partial charge in [-0.25, -0.2) is 4.79 Å². The van der Waals surface area contributed by atoms with E-state index in [9.17, 15) is 9.59 Å². The zero-order valence-electron chi connectivity index (χ0n) is 11.2. The molecule has 7 nitrogen and oxygen atoms in total. The van der Waals surface area contributed by atoms with Crippen LogP contribution in [0, 0.1) is 0 Å². The van der Waals surface area contributed by atoms with Crippen LogP contribution in [0.5, 0.6) is 0 Å². The van der Waals surface area contributed by atoms with Crippen LogP contribution in [0.4, 0.5) is 5.82 Å². The van der Waals surface area contributed by atoms with Crippen molar-refractivity contribution in [3.05, 3.63) is 41.9 Å². The molecule has 0 atom stereocenters. The van der Waals surface area contributed by atoms with Gasteiger partial charge in [-0.1, -0.05) is 0 Å². The number of ether oxygens (including phenoxy) is 1. The molecule has 0 saturated carbocycles. The number of nitrogens with zero attached hydrogens (tertiary/aromatic N) is 3. The maximum absolute atomic E-state index is 12.1. The summed E-state index contributed by atoms with van der Waals surface area (Å²) in [5.74, 6) is -0.572. The fourth-order valence-corrected chi connectivity index (χ4v) is 1.63. The van der Waals surface area contributed by atoms with Crippen LogP contribution < -0.4 is 5.32 Å². The van der Waals surface area contributed by atoms with Crippen LogP contribution in [0.2, 0.25) is 0 Å². The molecule has 0 spiro atoms. The van der Waals surface area contributed by atoms with Gasteiger partial charge in [0, 0.05) is 25.0 Å². The van der Waals surface area contributed by atoms with Crippen molar-refractivity contribution in [2.75, 3.05) is 11.9 Å².